The van der Waals surface area contributed by atoms with Crippen LogP contribution in [0.15, 0.2) is 94.7 Å². The highest BCUT2D eigenvalue weighted by atomic mass is 127. The molecule has 4 aromatic carbocycles. The summed E-state index contributed by atoms with van der Waals surface area (Å²) in [6.45, 7) is 16.9. The molecule has 0 saturated heterocycles. The lowest BCUT2D eigenvalue weighted by Gasteiger charge is -2.37. The van der Waals surface area contributed by atoms with Crippen LogP contribution in [0, 0.1) is 3.57 Å². The van der Waals surface area contributed by atoms with Crippen molar-refractivity contribution in [2.45, 2.75) is 100.0 Å². The third-order valence-electron chi connectivity index (χ3n) is 10.5. The van der Waals surface area contributed by atoms with Crippen molar-refractivity contribution in [3.63, 3.8) is 0 Å². The number of benzene rings is 4. The summed E-state index contributed by atoms with van der Waals surface area (Å²) in [6.07, 6.45) is -0.584. The topological polar surface area (TPSA) is 156 Å². The molecule has 340 valence electrons. The molecule has 18 heteroatoms. The molecular weight excluding hydrogens is 972 g/mol. The Bertz CT molecular complexity index is 2360. The zero-order chi connectivity index (χ0) is 46.2. The molecule has 5 aromatic rings. The van der Waals surface area contributed by atoms with Gasteiger partial charge in [-0.05, 0) is 132 Å². The third-order valence-corrected chi connectivity index (χ3v) is 19.1. The molecule has 0 aliphatic heterocycles. The molecule has 1 N–H and O–H groups in total. The number of aromatic nitrogens is 4. The van der Waals surface area contributed by atoms with Crippen LogP contribution in [0.25, 0.3) is 11.4 Å². The molecule has 0 aliphatic carbocycles. The molecule has 0 bridgehead atoms. The Labute approximate surface area is 391 Å². The SMILES string of the molecule is COc1ccc(CN(Cc2ccc(OC)cc2)S(=O)(=O)c2c(SC(CNC(=O)OC(C)(C)C)CO[Si](C)(C)C(C)(C)C)ccc(I)c2-c2nnn(Cc3ccc(OC)cc3)n2)cc1. The fourth-order valence-electron chi connectivity index (χ4n) is 5.97. The van der Waals surface area contributed by atoms with Crippen LogP contribution in [0.2, 0.25) is 18.1 Å². The second-order valence-electron chi connectivity index (χ2n) is 17.4. The van der Waals surface area contributed by atoms with Gasteiger partial charge in [-0.1, -0.05) is 57.2 Å². The van der Waals surface area contributed by atoms with E-state index in [-0.39, 0.29) is 48.5 Å². The number of carbonyl (C=O) groups is 1. The van der Waals surface area contributed by atoms with Gasteiger partial charge in [-0.15, -0.1) is 22.0 Å². The summed E-state index contributed by atoms with van der Waals surface area (Å²) in [5.41, 5.74) is 1.99. The highest BCUT2D eigenvalue weighted by molar-refractivity contribution is 14.1. The predicted octanol–water partition coefficient (Wildman–Crippen LogP) is 9.42. The van der Waals surface area contributed by atoms with E-state index < -0.39 is 35.3 Å². The average Bonchev–Trinajstić information content (AvgIpc) is 3.69. The smallest absolute Gasteiger partial charge is 0.407 e. The van der Waals surface area contributed by atoms with E-state index in [1.54, 1.807) is 72.4 Å². The number of sulfonamides is 1. The van der Waals surface area contributed by atoms with Crippen LogP contribution in [0.3, 0.4) is 0 Å². The van der Waals surface area contributed by atoms with E-state index >= 15 is 8.42 Å². The number of nitrogens with one attached hydrogen (secondary N) is 1. The quantitative estimate of drug-likeness (QED) is 0.0476. The maximum atomic E-state index is 15.8. The minimum atomic E-state index is -4.42. The van der Waals surface area contributed by atoms with Gasteiger partial charge in [-0.2, -0.15) is 9.10 Å². The summed E-state index contributed by atoms with van der Waals surface area (Å²) < 4.78 is 62.2. The largest absolute Gasteiger partial charge is 0.497 e. The second-order valence-corrected chi connectivity index (χ2v) is 26.6. The number of halogens is 1. The maximum Gasteiger partial charge on any atom is 0.407 e. The molecule has 0 saturated carbocycles. The minimum Gasteiger partial charge on any atom is -0.497 e. The van der Waals surface area contributed by atoms with Crippen LogP contribution in [0.1, 0.15) is 58.2 Å². The molecule has 5 rings (SSSR count). The number of rotatable bonds is 19. The Balaban J connectivity index is 1.67. The Hall–Kier alpha value is -4.21. The number of methoxy groups -OCH3 is 3. The summed E-state index contributed by atoms with van der Waals surface area (Å²) in [7, 11) is -1.93. The number of carbonyl (C=O) groups excluding carboxylic acids is 1. The Morgan fingerprint density at radius 2 is 1.32 bits per heavy atom. The molecule has 14 nitrogen and oxygen atoms in total. The zero-order valence-corrected chi connectivity index (χ0v) is 42.7. The van der Waals surface area contributed by atoms with E-state index in [9.17, 15) is 4.79 Å². The van der Waals surface area contributed by atoms with Crippen molar-refractivity contribution < 1.29 is 36.6 Å². The summed E-state index contributed by atoms with van der Waals surface area (Å²) in [5, 5.41) is 16.0. The number of tetrazole rings is 1. The van der Waals surface area contributed by atoms with Crippen molar-refractivity contribution >= 4 is 58.8 Å². The highest BCUT2D eigenvalue weighted by Gasteiger charge is 2.39. The van der Waals surface area contributed by atoms with E-state index in [0.29, 0.717) is 31.3 Å². The lowest BCUT2D eigenvalue weighted by atomic mass is 10.2. The fraction of sp³-hybridized carbons (Fsp3) is 0.422. The van der Waals surface area contributed by atoms with Gasteiger partial charge in [-0.3, -0.25) is 0 Å². The van der Waals surface area contributed by atoms with Crippen LogP contribution in [-0.4, -0.2) is 92.7 Å². The minimum absolute atomic E-state index is 0.0139. The second kappa shape index (κ2) is 21.2. The lowest BCUT2D eigenvalue weighted by molar-refractivity contribution is 0.0526. The molecule has 1 unspecified atom stereocenters. The maximum absolute atomic E-state index is 15.8. The molecule has 1 heterocycles. The first kappa shape index (κ1) is 49.8. The molecule has 0 radical (unpaired) electrons. The van der Waals surface area contributed by atoms with Crippen LogP contribution >= 0.6 is 34.4 Å². The van der Waals surface area contributed by atoms with Gasteiger partial charge in [0.05, 0.1) is 33.4 Å². The third kappa shape index (κ3) is 13.6. The Morgan fingerprint density at radius 3 is 1.79 bits per heavy atom. The van der Waals surface area contributed by atoms with Crippen molar-refractivity contribution in [3.05, 3.63) is 105 Å². The van der Waals surface area contributed by atoms with Crippen molar-refractivity contribution in [2.75, 3.05) is 34.5 Å². The number of ether oxygens (including phenoxy) is 4. The van der Waals surface area contributed by atoms with Gasteiger partial charge in [0.1, 0.15) is 27.7 Å². The Morgan fingerprint density at radius 1 is 0.810 bits per heavy atom. The Kier molecular flexibility index (Phi) is 16.7. The van der Waals surface area contributed by atoms with Crippen molar-refractivity contribution in [1.29, 1.82) is 0 Å². The van der Waals surface area contributed by atoms with Crippen molar-refractivity contribution in [2.24, 2.45) is 0 Å². The van der Waals surface area contributed by atoms with Gasteiger partial charge in [0, 0.05) is 40.0 Å². The summed E-state index contributed by atoms with van der Waals surface area (Å²) in [5.74, 6) is 2.16. The number of amides is 1. The molecule has 0 spiro atoms. The van der Waals surface area contributed by atoms with E-state index in [1.165, 1.54) is 20.9 Å². The van der Waals surface area contributed by atoms with Crippen LogP contribution in [0.5, 0.6) is 17.2 Å². The number of hydrogen-bond acceptors (Lipinski definition) is 12. The van der Waals surface area contributed by atoms with Gasteiger partial charge < -0.3 is 28.7 Å². The van der Waals surface area contributed by atoms with Gasteiger partial charge in [-0.25, -0.2) is 13.2 Å². The zero-order valence-electron chi connectivity index (χ0n) is 37.9. The lowest BCUT2D eigenvalue weighted by Crippen LogP contribution is -2.44. The monoisotopic (exact) mass is 1030 g/mol. The van der Waals surface area contributed by atoms with Gasteiger partial charge in [0.15, 0.2) is 8.32 Å². The molecule has 1 atom stereocenters. The number of hydrogen-bond donors (Lipinski definition) is 1. The van der Waals surface area contributed by atoms with E-state index in [4.69, 9.17) is 28.5 Å². The van der Waals surface area contributed by atoms with Crippen molar-refractivity contribution in [1.82, 2.24) is 29.8 Å². The molecule has 63 heavy (non-hydrogen) atoms. The molecule has 1 amide bonds. The number of nitrogens with zero attached hydrogens (tertiary/aromatic N) is 5. The van der Waals surface area contributed by atoms with E-state index in [2.05, 4.69) is 72.1 Å². The first-order chi connectivity index (χ1) is 29.6. The summed E-state index contributed by atoms with van der Waals surface area (Å²) in [4.78, 5) is 14.9. The molecule has 0 aliphatic rings. The van der Waals surface area contributed by atoms with Crippen LogP contribution < -0.4 is 19.5 Å². The summed E-state index contributed by atoms with van der Waals surface area (Å²) in [6, 6.07) is 25.8. The predicted molar refractivity (Wildman–Crippen MR) is 258 cm³/mol. The standard InChI is InChI=1S/C45H59IN6O8S2Si/c1-44(2,3)60-43(53)47-26-37(30-59-63(10,11)45(4,5)6)61-39-25-24-38(46)40(42-48-50-52(49-42)29-33-16-22-36(58-9)23-17-33)41(39)62(54,55)51(27-31-12-18-34(56-7)19-13-31)28-32-14-20-35(57-8)21-15-32/h12-25,37H,26-30H2,1-11H3,(H,47,53). The van der Waals surface area contributed by atoms with Gasteiger partial charge >= 0.3 is 6.09 Å². The van der Waals surface area contributed by atoms with Crippen LogP contribution in [0.4, 0.5) is 4.79 Å². The molecular formula is C45H59IN6O8S2Si. The summed E-state index contributed by atoms with van der Waals surface area (Å²) >= 11 is 3.45. The van der Waals surface area contributed by atoms with Crippen molar-refractivity contribution in [3.8, 4) is 28.6 Å². The normalized spacial score (nSPS) is 12.8. The number of alkyl carbamates (subject to hydrolysis) is 1. The van der Waals surface area contributed by atoms with Gasteiger partial charge in [0.25, 0.3) is 0 Å². The fourth-order valence-corrected chi connectivity index (χ4v) is 11.2. The highest BCUT2D eigenvalue weighted by Crippen LogP contribution is 2.42. The molecule has 0 fully saturated rings. The average molecular weight is 1030 g/mol. The first-order valence-electron chi connectivity index (χ1n) is 20.4. The number of thioether (sulfide) groups is 1. The van der Waals surface area contributed by atoms with E-state index in [0.717, 1.165) is 16.7 Å². The first-order valence-corrected chi connectivity index (χ1v) is 26.7. The van der Waals surface area contributed by atoms with Gasteiger partial charge in [0.2, 0.25) is 15.8 Å². The molecule has 1 aromatic heterocycles. The van der Waals surface area contributed by atoms with Crippen LogP contribution in [-0.2, 0) is 38.8 Å². The van der Waals surface area contributed by atoms with E-state index in [1.807, 2.05) is 54.6 Å².